The second-order valence-corrected chi connectivity index (χ2v) is 5.28. The fourth-order valence-corrected chi connectivity index (χ4v) is 2.88. The zero-order valence-electron chi connectivity index (χ0n) is 10.6. The molecular formula is C12H17N3O3S. The maximum Gasteiger partial charge on any atom is 0.404 e. The summed E-state index contributed by atoms with van der Waals surface area (Å²) in [6.07, 6.45) is 0.137. The second kappa shape index (κ2) is 6.53. The van der Waals surface area contributed by atoms with Crippen LogP contribution < -0.4 is 11.1 Å². The van der Waals surface area contributed by atoms with Crippen molar-refractivity contribution < 1.29 is 14.3 Å². The first-order valence-corrected chi connectivity index (χ1v) is 7.01. The number of nitrogens with zero attached hydrogens (tertiary/aromatic N) is 1. The molecule has 0 unspecified atom stereocenters. The van der Waals surface area contributed by atoms with Crippen molar-refractivity contribution in [3.8, 4) is 0 Å². The molecule has 1 aromatic rings. The van der Waals surface area contributed by atoms with Crippen molar-refractivity contribution in [2.45, 2.75) is 13.0 Å². The summed E-state index contributed by atoms with van der Waals surface area (Å²) in [7, 11) is 0. The molecule has 104 valence electrons. The first-order valence-electron chi connectivity index (χ1n) is 6.13. The van der Waals surface area contributed by atoms with E-state index >= 15 is 0 Å². The highest BCUT2D eigenvalue weighted by Gasteiger charge is 2.20. The predicted molar refractivity (Wildman–Crippen MR) is 71.8 cm³/mol. The smallest absolute Gasteiger partial charge is 0.404 e. The van der Waals surface area contributed by atoms with Crippen molar-refractivity contribution in [3.63, 3.8) is 0 Å². The highest BCUT2D eigenvalue weighted by Crippen LogP contribution is 2.23. The Morgan fingerprint density at radius 3 is 3.16 bits per heavy atom. The van der Waals surface area contributed by atoms with Crippen molar-refractivity contribution in [1.82, 2.24) is 10.2 Å². The van der Waals surface area contributed by atoms with Gasteiger partial charge in [0.1, 0.15) is 6.61 Å². The first kappa shape index (κ1) is 13.8. The summed E-state index contributed by atoms with van der Waals surface area (Å²) in [6.45, 7) is 2.31. The van der Waals surface area contributed by atoms with Crippen molar-refractivity contribution >= 4 is 23.3 Å². The molecule has 3 N–H and O–H groups in total. The molecule has 0 aliphatic carbocycles. The van der Waals surface area contributed by atoms with Gasteiger partial charge < -0.3 is 20.7 Å². The number of hydrogen-bond donors (Lipinski definition) is 2. The molecule has 0 aromatic carbocycles. The van der Waals surface area contributed by atoms with Crippen molar-refractivity contribution in [2.24, 2.45) is 5.73 Å². The molecule has 2 rings (SSSR count). The van der Waals surface area contributed by atoms with Crippen molar-refractivity contribution in [2.75, 3.05) is 26.2 Å². The third kappa shape index (κ3) is 3.93. The lowest BCUT2D eigenvalue weighted by atomic mass is 10.1. The van der Waals surface area contributed by atoms with E-state index in [9.17, 15) is 9.59 Å². The van der Waals surface area contributed by atoms with Gasteiger partial charge in [0, 0.05) is 24.5 Å². The molecule has 2 heterocycles. The van der Waals surface area contributed by atoms with Gasteiger partial charge in [0.05, 0.1) is 6.54 Å². The first-order chi connectivity index (χ1) is 9.16. The average molecular weight is 283 g/mol. The van der Waals surface area contributed by atoms with Crippen molar-refractivity contribution in [1.29, 1.82) is 0 Å². The van der Waals surface area contributed by atoms with Gasteiger partial charge in [-0.05, 0) is 23.4 Å². The predicted octanol–water partition coefficient (Wildman–Crippen LogP) is 0.318. The Bertz CT molecular complexity index is 461. The fraction of sp³-hybridized carbons (Fsp3) is 0.500. The van der Waals surface area contributed by atoms with Crippen LogP contribution in [-0.2, 0) is 22.5 Å². The summed E-state index contributed by atoms with van der Waals surface area (Å²) >= 11 is 1.75. The Kier molecular flexibility index (Phi) is 4.75. The SMILES string of the molecule is NC(=O)OCCNCC(=O)N1CCc2sccc2C1. The minimum Gasteiger partial charge on any atom is -0.448 e. The van der Waals surface area contributed by atoms with Crippen LogP contribution in [0.1, 0.15) is 10.4 Å². The van der Waals surface area contributed by atoms with Crippen LogP contribution >= 0.6 is 11.3 Å². The number of amides is 2. The summed E-state index contributed by atoms with van der Waals surface area (Å²) < 4.78 is 4.56. The van der Waals surface area contributed by atoms with Gasteiger partial charge in [0.2, 0.25) is 5.91 Å². The van der Waals surface area contributed by atoms with E-state index in [1.165, 1.54) is 10.4 Å². The average Bonchev–Trinajstić information content (AvgIpc) is 2.84. The van der Waals surface area contributed by atoms with Crippen LogP contribution in [0.2, 0.25) is 0 Å². The van der Waals surface area contributed by atoms with Crippen LogP contribution in [0.3, 0.4) is 0 Å². The zero-order valence-corrected chi connectivity index (χ0v) is 11.4. The molecule has 1 aliphatic heterocycles. The Hall–Kier alpha value is -1.60. The zero-order chi connectivity index (χ0) is 13.7. The van der Waals surface area contributed by atoms with Crippen LogP contribution in [0.15, 0.2) is 11.4 Å². The molecule has 0 atom stereocenters. The third-order valence-corrected chi connectivity index (χ3v) is 3.98. The van der Waals surface area contributed by atoms with Crippen LogP contribution in [0.5, 0.6) is 0 Å². The largest absolute Gasteiger partial charge is 0.448 e. The number of nitrogens with two attached hydrogens (primary N) is 1. The number of rotatable bonds is 5. The highest BCUT2D eigenvalue weighted by atomic mass is 32.1. The molecule has 1 aliphatic rings. The van der Waals surface area contributed by atoms with Gasteiger partial charge in [-0.25, -0.2) is 4.79 Å². The molecule has 7 heteroatoms. The van der Waals surface area contributed by atoms with Gasteiger partial charge in [-0.2, -0.15) is 0 Å². The minimum absolute atomic E-state index is 0.0657. The van der Waals surface area contributed by atoms with Gasteiger partial charge in [-0.1, -0.05) is 0 Å². The van der Waals surface area contributed by atoms with E-state index in [1.54, 1.807) is 11.3 Å². The van der Waals surface area contributed by atoms with Gasteiger partial charge in [-0.15, -0.1) is 11.3 Å². The standard InChI is InChI=1S/C12H17N3O3S/c13-12(17)18-5-3-14-7-11(16)15-4-1-10-9(8-15)2-6-19-10/h2,6,14H,1,3-5,7-8H2,(H2,13,17). The van der Waals surface area contributed by atoms with Crippen LogP contribution in [-0.4, -0.2) is 43.1 Å². The van der Waals surface area contributed by atoms with Gasteiger partial charge in [-0.3, -0.25) is 4.79 Å². The number of nitrogens with one attached hydrogen (secondary N) is 1. The Morgan fingerprint density at radius 1 is 1.53 bits per heavy atom. The van der Waals surface area contributed by atoms with E-state index in [-0.39, 0.29) is 19.1 Å². The van der Waals surface area contributed by atoms with Crippen LogP contribution in [0.4, 0.5) is 4.79 Å². The Morgan fingerprint density at radius 2 is 2.37 bits per heavy atom. The highest BCUT2D eigenvalue weighted by molar-refractivity contribution is 7.10. The summed E-state index contributed by atoms with van der Waals surface area (Å²) in [5, 5.41) is 5.00. The number of carbonyl (C=O) groups is 2. The Labute approximate surface area is 115 Å². The molecule has 0 saturated carbocycles. The number of primary amides is 1. The number of fused-ring (bicyclic) bond motifs is 1. The van der Waals surface area contributed by atoms with Crippen LogP contribution in [0, 0.1) is 0 Å². The normalized spacial score (nSPS) is 14.0. The fourth-order valence-electron chi connectivity index (χ4n) is 1.99. The molecule has 0 bridgehead atoms. The topological polar surface area (TPSA) is 84.7 Å². The maximum atomic E-state index is 12.0. The van der Waals surface area contributed by atoms with E-state index in [1.807, 2.05) is 4.90 Å². The molecule has 0 radical (unpaired) electrons. The molecule has 0 fully saturated rings. The van der Waals surface area contributed by atoms with Gasteiger partial charge >= 0.3 is 6.09 Å². The maximum absolute atomic E-state index is 12.0. The lowest BCUT2D eigenvalue weighted by molar-refractivity contribution is -0.131. The minimum atomic E-state index is -0.797. The number of ether oxygens (including phenoxy) is 1. The lowest BCUT2D eigenvalue weighted by Gasteiger charge is -2.27. The molecular weight excluding hydrogens is 266 g/mol. The monoisotopic (exact) mass is 283 g/mol. The van der Waals surface area contributed by atoms with Crippen molar-refractivity contribution in [3.05, 3.63) is 21.9 Å². The van der Waals surface area contributed by atoms with Gasteiger partial charge in [0.25, 0.3) is 0 Å². The van der Waals surface area contributed by atoms with Gasteiger partial charge in [0.15, 0.2) is 0 Å². The molecule has 6 nitrogen and oxygen atoms in total. The number of hydrogen-bond acceptors (Lipinski definition) is 5. The molecule has 0 spiro atoms. The lowest BCUT2D eigenvalue weighted by Crippen LogP contribution is -2.41. The molecule has 19 heavy (non-hydrogen) atoms. The van der Waals surface area contributed by atoms with E-state index in [2.05, 4.69) is 21.5 Å². The Balaban J connectivity index is 1.68. The molecule has 2 amide bonds. The number of thiophene rings is 1. The second-order valence-electron chi connectivity index (χ2n) is 4.28. The summed E-state index contributed by atoms with van der Waals surface area (Å²) in [4.78, 5) is 25.5. The molecule has 0 saturated heterocycles. The van der Waals surface area contributed by atoms with E-state index in [4.69, 9.17) is 5.73 Å². The number of carbonyl (C=O) groups excluding carboxylic acids is 2. The quantitative estimate of drug-likeness (QED) is 0.762. The molecule has 1 aromatic heterocycles. The van der Waals surface area contributed by atoms with E-state index in [0.29, 0.717) is 13.1 Å². The summed E-state index contributed by atoms with van der Waals surface area (Å²) in [6, 6.07) is 2.08. The summed E-state index contributed by atoms with van der Waals surface area (Å²) in [5.74, 6) is 0.0657. The summed E-state index contributed by atoms with van der Waals surface area (Å²) in [5.41, 5.74) is 6.07. The van der Waals surface area contributed by atoms with E-state index < -0.39 is 6.09 Å². The van der Waals surface area contributed by atoms with E-state index in [0.717, 1.165) is 13.0 Å². The van der Waals surface area contributed by atoms with Crippen LogP contribution in [0.25, 0.3) is 0 Å². The third-order valence-electron chi connectivity index (χ3n) is 2.96.